The third kappa shape index (κ3) is 4.08. The number of hydrogen-bond donors (Lipinski definition) is 1. The number of likely N-dealkylation sites (tertiary alicyclic amines) is 1. The Kier molecular flexibility index (Phi) is 6.35. The first-order valence-corrected chi connectivity index (χ1v) is 12.2. The Labute approximate surface area is 201 Å². The maximum absolute atomic E-state index is 13.6. The van der Waals surface area contributed by atoms with Crippen molar-refractivity contribution in [3.05, 3.63) is 59.2 Å². The third-order valence-corrected chi connectivity index (χ3v) is 7.64. The van der Waals surface area contributed by atoms with Crippen LogP contribution in [0.15, 0.2) is 42.5 Å². The highest BCUT2D eigenvalue weighted by atomic mass is 16.5. The first-order valence-electron chi connectivity index (χ1n) is 12.2. The van der Waals surface area contributed by atoms with Crippen LogP contribution >= 0.6 is 0 Å². The molecule has 5 rings (SSSR count). The molecule has 0 aromatic heterocycles. The Hall–Kier alpha value is -3.22. The normalized spacial score (nSPS) is 23.5. The molecule has 0 spiro atoms. The van der Waals surface area contributed by atoms with Gasteiger partial charge in [-0.1, -0.05) is 30.3 Å². The molecule has 3 aliphatic heterocycles. The topological polar surface area (TPSA) is 71.1 Å². The number of urea groups is 1. The van der Waals surface area contributed by atoms with Gasteiger partial charge in [0, 0.05) is 25.7 Å². The van der Waals surface area contributed by atoms with Crippen LogP contribution in [0.1, 0.15) is 42.0 Å². The lowest BCUT2D eigenvalue weighted by Crippen LogP contribution is -2.61. The molecule has 0 aliphatic carbocycles. The number of nitrogens with zero attached hydrogens (tertiary/aromatic N) is 2. The summed E-state index contributed by atoms with van der Waals surface area (Å²) in [6.07, 6.45) is 4.06. The second-order valence-corrected chi connectivity index (χ2v) is 9.42. The lowest BCUT2D eigenvalue weighted by atomic mass is 9.76. The van der Waals surface area contributed by atoms with Crippen molar-refractivity contribution in [3.63, 3.8) is 0 Å². The van der Waals surface area contributed by atoms with Crippen molar-refractivity contribution in [2.24, 2.45) is 5.92 Å². The van der Waals surface area contributed by atoms with Gasteiger partial charge in [-0.25, -0.2) is 4.79 Å². The Morgan fingerprint density at radius 2 is 1.85 bits per heavy atom. The van der Waals surface area contributed by atoms with Gasteiger partial charge >= 0.3 is 6.03 Å². The summed E-state index contributed by atoms with van der Waals surface area (Å²) in [5.74, 6) is 1.46. The van der Waals surface area contributed by atoms with Gasteiger partial charge < -0.3 is 24.6 Å². The van der Waals surface area contributed by atoms with Crippen molar-refractivity contribution >= 4 is 11.9 Å². The quantitative estimate of drug-likeness (QED) is 0.736. The minimum absolute atomic E-state index is 0.0463. The molecule has 3 atom stereocenters. The number of nitrogens with one attached hydrogen (secondary N) is 1. The van der Waals surface area contributed by atoms with E-state index in [0.29, 0.717) is 31.1 Å². The molecule has 180 valence electrons. The van der Waals surface area contributed by atoms with Crippen molar-refractivity contribution in [2.75, 3.05) is 33.9 Å². The van der Waals surface area contributed by atoms with Crippen LogP contribution in [0.4, 0.5) is 4.79 Å². The van der Waals surface area contributed by atoms with Gasteiger partial charge in [0.05, 0.1) is 26.2 Å². The summed E-state index contributed by atoms with van der Waals surface area (Å²) in [4.78, 5) is 30.7. The van der Waals surface area contributed by atoms with Crippen LogP contribution < -0.4 is 14.8 Å². The summed E-state index contributed by atoms with van der Waals surface area (Å²) in [5.41, 5.74) is 3.51. The molecule has 3 amide bonds. The highest BCUT2D eigenvalue weighted by Gasteiger charge is 2.48. The zero-order valence-electron chi connectivity index (χ0n) is 20.0. The van der Waals surface area contributed by atoms with Crippen LogP contribution in [0, 0.1) is 5.92 Å². The van der Waals surface area contributed by atoms with Gasteiger partial charge in [-0.15, -0.1) is 0 Å². The van der Waals surface area contributed by atoms with E-state index >= 15 is 0 Å². The molecule has 3 aliphatic rings. The summed E-state index contributed by atoms with van der Waals surface area (Å²) in [6.45, 7) is 1.98. The third-order valence-electron chi connectivity index (χ3n) is 7.64. The van der Waals surface area contributed by atoms with Gasteiger partial charge in [-0.2, -0.15) is 0 Å². The lowest BCUT2D eigenvalue weighted by Gasteiger charge is -2.51. The Morgan fingerprint density at radius 3 is 2.62 bits per heavy atom. The summed E-state index contributed by atoms with van der Waals surface area (Å²) >= 11 is 0. The number of amides is 3. The van der Waals surface area contributed by atoms with Crippen LogP contribution in [0.25, 0.3) is 0 Å². The standard InChI is InChI=1S/C27H33N3O4/c1-33-24-15-19-11-14-29-23(21(19)16-25(24)34-2)17-22-20(26(29)31)9-6-13-30(22)27(32)28-12-10-18-7-4-3-5-8-18/h3-5,7-8,15-16,20,22-23H,6,9-14,17H2,1-2H3,(H,28,32)/t20-,22-,23-/m0/s1. The molecule has 7 heteroatoms. The number of methoxy groups -OCH3 is 2. The molecule has 34 heavy (non-hydrogen) atoms. The van der Waals surface area contributed by atoms with Crippen molar-refractivity contribution in [1.82, 2.24) is 15.1 Å². The Bertz CT molecular complexity index is 1060. The molecule has 2 fully saturated rings. The van der Waals surface area contributed by atoms with E-state index in [2.05, 4.69) is 17.4 Å². The maximum atomic E-state index is 13.6. The fraction of sp³-hybridized carbons (Fsp3) is 0.481. The van der Waals surface area contributed by atoms with E-state index in [9.17, 15) is 9.59 Å². The van der Waals surface area contributed by atoms with Crippen molar-refractivity contribution in [3.8, 4) is 11.5 Å². The van der Waals surface area contributed by atoms with Gasteiger partial charge in [-0.05, 0) is 60.9 Å². The van der Waals surface area contributed by atoms with E-state index in [-0.39, 0.29) is 29.9 Å². The van der Waals surface area contributed by atoms with Crippen molar-refractivity contribution in [1.29, 1.82) is 0 Å². The molecular formula is C27H33N3O4. The van der Waals surface area contributed by atoms with Crippen LogP contribution in [0.5, 0.6) is 11.5 Å². The van der Waals surface area contributed by atoms with Gasteiger partial charge in [-0.3, -0.25) is 4.79 Å². The fourth-order valence-electron chi connectivity index (χ4n) is 5.94. The SMILES string of the molecule is COc1cc2c(cc1OC)[C@@H]1C[C@H]3[C@H](CCCN3C(=O)NCCc3ccccc3)C(=O)N1CC2. The highest BCUT2D eigenvalue weighted by molar-refractivity contribution is 5.83. The second kappa shape index (κ2) is 9.57. The van der Waals surface area contributed by atoms with E-state index in [0.717, 1.165) is 37.7 Å². The zero-order valence-corrected chi connectivity index (χ0v) is 20.0. The molecule has 0 saturated carbocycles. The predicted octanol–water partition coefficient (Wildman–Crippen LogP) is 3.57. The van der Waals surface area contributed by atoms with Gasteiger partial charge in [0.15, 0.2) is 11.5 Å². The fourth-order valence-corrected chi connectivity index (χ4v) is 5.94. The van der Waals surface area contributed by atoms with Crippen LogP contribution in [-0.2, 0) is 17.6 Å². The zero-order chi connectivity index (χ0) is 23.7. The molecule has 3 heterocycles. The first kappa shape index (κ1) is 22.6. The molecule has 2 aromatic rings. The molecule has 7 nitrogen and oxygen atoms in total. The number of benzene rings is 2. The van der Waals surface area contributed by atoms with Crippen molar-refractivity contribution < 1.29 is 19.1 Å². The number of carbonyl (C=O) groups is 2. The summed E-state index contributed by atoms with van der Waals surface area (Å²) in [5, 5.41) is 3.10. The number of carbonyl (C=O) groups excluding carboxylic acids is 2. The van der Waals surface area contributed by atoms with E-state index in [1.54, 1.807) is 14.2 Å². The molecular weight excluding hydrogens is 430 g/mol. The Morgan fingerprint density at radius 1 is 1.09 bits per heavy atom. The average Bonchev–Trinajstić information content (AvgIpc) is 2.88. The average molecular weight is 464 g/mol. The van der Waals surface area contributed by atoms with E-state index < -0.39 is 0 Å². The maximum Gasteiger partial charge on any atom is 0.317 e. The molecule has 2 aromatic carbocycles. The predicted molar refractivity (Wildman–Crippen MR) is 129 cm³/mol. The van der Waals surface area contributed by atoms with E-state index in [4.69, 9.17) is 9.47 Å². The number of piperidine rings is 2. The van der Waals surface area contributed by atoms with E-state index in [1.165, 1.54) is 11.1 Å². The number of ether oxygens (including phenoxy) is 2. The first-order chi connectivity index (χ1) is 16.6. The van der Waals surface area contributed by atoms with E-state index in [1.807, 2.05) is 40.1 Å². The van der Waals surface area contributed by atoms with Gasteiger partial charge in [0.25, 0.3) is 0 Å². The summed E-state index contributed by atoms with van der Waals surface area (Å²) in [7, 11) is 3.28. The smallest absolute Gasteiger partial charge is 0.317 e. The van der Waals surface area contributed by atoms with Gasteiger partial charge in [0.1, 0.15) is 0 Å². The van der Waals surface area contributed by atoms with Crippen LogP contribution in [0.3, 0.4) is 0 Å². The number of rotatable bonds is 5. The minimum Gasteiger partial charge on any atom is -0.493 e. The van der Waals surface area contributed by atoms with Crippen molar-refractivity contribution in [2.45, 2.75) is 44.2 Å². The second-order valence-electron chi connectivity index (χ2n) is 9.42. The number of hydrogen-bond acceptors (Lipinski definition) is 4. The largest absolute Gasteiger partial charge is 0.493 e. The minimum atomic E-state index is -0.119. The molecule has 0 radical (unpaired) electrons. The lowest BCUT2D eigenvalue weighted by molar-refractivity contribution is -0.148. The van der Waals surface area contributed by atoms with Crippen LogP contribution in [-0.4, -0.2) is 61.6 Å². The number of fused-ring (bicyclic) bond motifs is 4. The Balaban J connectivity index is 1.35. The molecule has 0 unspecified atom stereocenters. The summed E-state index contributed by atoms with van der Waals surface area (Å²) < 4.78 is 11.0. The summed E-state index contributed by atoms with van der Waals surface area (Å²) in [6, 6.07) is 14.0. The molecule has 2 saturated heterocycles. The monoisotopic (exact) mass is 463 g/mol. The molecule has 1 N–H and O–H groups in total. The van der Waals surface area contributed by atoms with Gasteiger partial charge in [0.2, 0.25) is 5.91 Å². The highest BCUT2D eigenvalue weighted by Crippen LogP contribution is 2.46. The van der Waals surface area contributed by atoms with Crippen LogP contribution in [0.2, 0.25) is 0 Å². The molecule has 0 bridgehead atoms.